The van der Waals surface area contributed by atoms with Gasteiger partial charge in [0.15, 0.2) is 5.78 Å². The van der Waals surface area contributed by atoms with Crippen molar-refractivity contribution >= 4 is 32.5 Å². The first-order valence-corrected chi connectivity index (χ1v) is 6.67. The first-order valence-electron chi connectivity index (χ1n) is 5.88. The molecule has 19 heavy (non-hydrogen) atoms. The second kappa shape index (κ2) is 4.94. The van der Waals surface area contributed by atoms with Crippen molar-refractivity contribution in [1.29, 1.82) is 0 Å². The van der Waals surface area contributed by atoms with Gasteiger partial charge in [-0.1, -0.05) is 34.1 Å². The number of aromatic nitrogens is 1. The molecule has 0 bridgehead atoms. The van der Waals surface area contributed by atoms with E-state index in [0.717, 1.165) is 15.2 Å². The molecule has 0 aliphatic rings. The third-order valence-electron chi connectivity index (χ3n) is 2.99. The lowest BCUT2D eigenvalue weighted by atomic mass is 10.0. The quantitative estimate of drug-likeness (QED) is 0.663. The highest BCUT2D eigenvalue weighted by Gasteiger charge is 2.09. The maximum atomic E-state index is 12.3. The summed E-state index contributed by atoms with van der Waals surface area (Å²) in [6.07, 6.45) is 3.25. The highest BCUT2D eigenvalue weighted by atomic mass is 79.9. The molecule has 0 aliphatic carbocycles. The van der Waals surface area contributed by atoms with Crippen LogP contribution in [0.2, 0.25) is 0 Å². The molecule has 3 aromatic rings. The van der Waals surface area contributed by atoms with Gasteiger partial charge in [0.05, 0.1) is 0 Å². The maximum Gasteiger partial charge on any atom is 0.194 e. The molecule has 0 N–H and O–H groups in total. The van der Waals surface area contributed by atoms with Crippen LogP contribution in [0.3, 0.4) is 0 Å². The van der Waals surface area contributed by atoms with Gasteiger partial charge in [-0.05, 0) is 41.1 Å². The van der Waals surface area contributed by atoms with Crippen LogP contribution in [0.4, 0.5) is 0 Å². The Bertz CT molecular complexity index is 753. The molecule has 1 heterocycles. The van der Waals surface area contributed by atoms with Crippen LogP contribution in [0.1, 0.15) is 15.9 Å². The average molecular weight is 312 g/mol. The smallest absolute Gasteiger partial charge is 0.194 e. The number of nitrogens with zero attached hydrogens (tertiary/aromatic N) is 1. The van der Waals surface area contributed by atoms with Gasteiger partial charge in [0.2, 0.25) is 0 Å². The first-order chi connectivity index (χ1) is 9.24. The van der Waals surface area contributed by atoms with Crippen molar-refractivity contribution in [2.24, 2.45) is 0 Å². The minimum Gasteiger partial charge on any atom is -0.289 e. The Morgan fingerprint density at radius 3 is 2.53 bits per heavy atom. The largest absolute Gasteiger partial charge is 0.289 e. The minimum atomic E-state index is -0.00193. The molecule has 0 unspecified atom stereocenters. The Labute approximate surface area is 119 Å². The van der Waals surface area contributed by atoms with Crippen LogP contribution in [0, 0.1) is 0 Å². The van der Waals surface area contributed by atoms with E-state index < -0.39 is 0 Å². The standard InChI is InChI=1S/C16H10BrNO/c17-15-6-5-11-8-13(4-3-12(11)9-15)16(19)14-2-1-7-18-10-14/h1-10H. The molecule has 0 atom stereocenters. The Kier molecular flexibility index (Phi) is 3.13. The Morgan fingerprint density at radius 1 is 0.947 bits per heavy atom. The number of hydrogen-bond donors (Lipinski definition) is 0. The highest BCUT2D eigenvalue weighted by molar-refractivity contribution is 9.10. The lowest BCUT2D eigenvalue weighted by molar-refractivity contribution is 0.103. The summed E-state index contributed by atoms with van der Waals surface area (Å²) in [5, 5.41) is 2.16. The van der Waals surface area contributed by atoms with E-state index in [0.29, 0.717) is 11.1 Å². The number of benzene rings is 2. The van der Waals surface area contributed by atoms with E-state index in [1.54, 1.807) is 24.5 Å². The number of carbonyl (C=O) groups is 1. The summed E-state index contributed by atoms with van der Waals surface area (Å²) in [7, 11) is 0. The minimum absolute atomic E-state index is 0.00193. The van der Waals surface area contributed by atoms with E-state index in [4.69, 9.17) is 0 Å². The van der Waals surface area contributed by atoms with Gasteiger partial charge >= 0.3 is 0 Å². The molecule has 0 spiro atoms. The van der Waals surface area contributed by atoms with Crippen molar-refractivity contribution in [3.05, 3.63) is 76.5 Å². The van der Waals surface area contributed by atoms with Crippen LogP contribution >= 0.6 is 15.9 Å². The number of halogens is 1. The van der Waals surface area contributed by atoms with Gasteiger partial charge in [-0.2, -0.15) is 0 Å². The van der Waals surface area contributed by atoms with Gasteiger partial charge in [-0.3, -0.25) is 9.78 Å². The molecular formula is C16H10BrNO. The number of rotatable bonds is 2. The second-order valence-electron chi connectivity index (χ2n) is 4.28. The van der Waals surface area contributed by atoms with E-state index in [9.17, 15) is 4.79 Å². The number of ketones is 1. The van der Waals surface area contributed by atoms with E-state index in [1.807, 2.05) is 36.4 Å². The topological polar surface area (TPSA) is 30.0 Å². The van der Waals surface area contributed by atoms with Crippen LogP contribution in [0.5, 0.6) is 0 Å². The molecule has 0 fully saturated rings. The molecular weight excluding hydrogens is 302 g/mol. The zero-order valence-electron chi connectivity index (χ0n) is 10.0. The number of carbonyl (C=O) groups excluding carboxylic acids is 1. The summed E-state index contributed by atoms with van der Waals surface area (Å²) in [5.74, 6) is -0.00193. The lowest BCUT2D eigenvalue weighted by Crippen LogP contribution is -2.01. The van der Waals surface area contributed by atoms with Gasteiger partial charge in [-0.25, -0.2) is 0 Å². The van der Waals surface area contributed by atoms with Gasteiger partial charge in [0.25, 0.3) is 0 Å². The Hall–Kier alpha value is -2.00. The number of fused-ring (bicyclic) bond motifs is 1. The number of hydrogen-bond acceptors (Lipinski definition) is 2. The van der Waals surface area contributed by atoms with Crippen LogP contribution in [-0.2, 0) is 0 Å². The Morgan fingerprint density at radius 2 is 1.74 bits per heavy atom. The first kappa shape index (κ1) is 12.1. The zero-order valence-corrected chi connectivity index (χ0v) is 11.6. The molecule has 92 valence electrons. The molecule has 0 amide bonds. The van der Waals surface area contributed by atoms with Crippen LogP contribution in [0.15, 0.2) is 65.4 Å². The third-order valence-corrected chi connectivity index (χ3v) is 3.48. The van der Waals surface area contributed by atoms with Gasteiger partial charge in [-0.15, -0.1) is 0 Å². The van der Waals surface area contributed by atoms with Crippen molar-refractivity contribution in [2.45, 2.75) is 0 Å². The van der Waals surface area contributed by atoms with Gasteiger partial charge in [0, 0.05) is 28.0 Å². The van der Waals surface area contributed by atoms with Crippen LogP contribution < -0.4 is 0 Å². The van der Waals surface area contributed by atoms with Crippen molar-refractivity contribution < 1.29 is 4.79 Å². The monoisotopic (exact) mass is 311 g/mol. The molecule has 3 heteroatoms. The fraction of sp³-hybridized carbons (Fsp3) is 0. The fourth-order valence-corrected chi connectivity index (χ4v) is 2.40. The molecule has 0 saturated heterocycles. The van der Waals surface area contributed by atoms with Gasteiger partial charge in [0.1, 0.15) is 0 Å². The normalized spacial score (nSPS) is 10.6. The zero-order chi connectivity index (χ0) is 13.2. The lowest BCUT2D eigenvalue weighted by Gasteiger charge is -2.03. The molecule has 0 radical (unpaired) electrons. The summed E-state index contributed by atoms with van der Waals surface area (Å²) in [6, 6.07) is 15.3. The Balaban J connectivity index is 2.07. The van der Waals surface area contributed by atoms with Crippen molar-refractivity contribution in [3.8, 4) is 0 Å². The second-order valence-corrected chi connectivity index (χ2v) is 5.19. The number of pyridine rings is 1. The van der Waals surface area contributed by atoms with Crippen LogP contribution in [0.25, 0.3) is 10.8 Å². The predicted octanol–water partition coefficient (Wildman–Crippen LogP) is 4.23. The third kappa shape index (κ3) is 2.42. The maximum absolute atomic E-state index is 12.3. The summed E-state index contributed by atoms with van der Waals surface area (Å²) in [6.45, 7) is 0. The van der Waals surface area contributed by atoms with Gasteiger partial charge < -0.3 is 0 Å². The van der Waals surface area contributed by atoms with E-state index in [1.165, 1.54) is 0 Å². The summed E-state index contributed by atoms with van der Waals surface area (Å²) < 4.78 is 1.03. The van der Waals surface area contributed by atoms with Crippen LogP contribution in [-0.4, -0.2) is 10.8 Å². The summed E-state index contributed by atoms with van der Waals surface area (Å²) in [5.41, 5.74) is 1.29. The molecule has 2 nitrogen and oxygen atoms in total. The molecule has 0 aliphatic heterocycles. The molecule has 0 saturated carbocycles. The summed E-state index contributed by atoms with van der Waals surface area (Å²) >= 11 is 3.44. The van der Waals surface area contributed by atoms with Crippen molar-refractivity contribution in [1.82, 2.24) is 4.98 Å². The average Bonchev–Trinajstić information content (AvgIpc) is 2.47. The summed E-state index contributed by atoms with van der Waals surface area (Å²) in [4.78, 5) is 16.3. The molecule has 3 rings (SSSR count). The molecule has 1 aromatic heterocycles. The fourth-order valence-electron chi connectivity index (χ4n) is 2.02. The van der Waals surface area contributed by atoms with E-state index >= 15 is 0 Å². The molecule has 2 aromatic carbocycles. The SMILES string of the molecule is O=C(c1cccnc1)c1ccc2cc(Br)ccc2c1. The van der Waals surface area contributed by atoms with Crippen molar-refractivity contribution in [3.63, 3.8) is 0 Å². The predicted molar refractivity (Wildman–Crippen MR) is 79.3 cm³/mol. The van der Waals surface area contributed by atoms with E-state index in [2.05, 4.69) is 20.9 Å². The highest BCUT2D eigenvalue weighted by Crippen LogP contribution is 2.22. The van der Waals surface area contributed by atoms with E-state index in [-0.39, 0.29) is 5.78 Å². The van der Waals surface area contributed by atoms with Crippen molar-refractivity contribution in [2.75, 3.05) is 0 Å².